The Labute approximate surface area is 135 Å². The number of hydrogen-bond acceptors (Lipinski definition) is 3. The highest BCUT2D eigenvalue weighted by Gasteiger charge is 2.56. The van der Waals surface area contributed by atoms with E-state index in [9.17, 15) is 9.18 Å². The minimum Gasteiger partial charge on any atom is -0.361 e. The predicted molar refractivity (Wildman–Crippen MR) is 87.6 cm³/mol. The van der Waals surface area contributed by atoms with Crippen LogP contribution in [0.15, 0.2) is 4.99 Å². The first-order valence-corrected chi connectivity index (χ1v) is 9.38. The Bertz CT molecular complexity index is 533. The van der Waals surface area contributed by atoms with E-state index in [1.807, 2.05) is 6.92 Å². The molecule has 22 heavy (non-hydrogen) atoms. The van der Waals surface area contributed by atoms with Gasteiger partial charge in [-0.2, -0.15) is 4.99 Å². The minimum atomic E-state index is -0.901. The molecule has 3 atom stereocenters. The van der Waals surface area contributed by atoms with Gasteiger partial charge >= 0.3 is 0 Å². The molecule has 4 saturated carbocycles. The van der Waals surface area contributed by atoms with E-state index < -0.39 is 10.4 Å². The van der Waals surface area contributed by atoms with Crippen molar-refractivity contribution in [3.8, 4) is 0 Å². The third-order valence-electron chi connectivity index (χ3n) is 6.53. The van der Waals surface area contributed by atoms with Gasteiger partial charge in [-0.15, -0.1) is 0 Å². The van der Waals surface area contributed by atoms with Crippen LogP contribution in [0, 0.1) is 23.7 Å². The third kappa shape index (κ3) is 2.15. The van der Waals surface area contributed by atoms with E-state index >= 15 is 0 Å². The molecule has 0 saturated heterocycles. The maximum absolute atomic E-state index is 14.7. The van der Waals surface area contributed by atoms with Crippen LogP contribution in [0.5, 0.6) is 0 Å². The second-order valence-corrected chi connectivity index (χ2v) is 9.82. The van der Waals surface area contributed by atoms with E-state index in [1.165, 1.54) is 0 Å². The van der Waals surface area contributed by atoms with Gasteiger partial charge in [-0.25, -0.2) is 4.39 Å². The topological polar surface area (TPSA) is 41.5 Å². The highest BCUT2D eigenvalue weighted by molar-refractivity contribution is 8.16. The van der Waals surface area contributed by atoms with Crippen LogP contribution in [0.25, 0.3) is 0 Å². The number of amides is 1. The smallest absolute Gasteiger partial charge is 0.264 e. The molecular formula is C17H25FN2OS. The summed E-state index contributed by atoms with van der Waals surface area (Å²) in [4.78, 5) is 16.5. The molecule has 122 valence electrons. The molecular weight excluding hydrogens is 299 g/mol. The lowest BCUT2D eigenvalue weighted by Gasteiger charge is -2.57. The van der Waals surface area contributed by atoms with Gasteiger partial charge in [0.15, 0.2) is 5.17 Å². The van der Waals surface area contributed by atoms with E-state index in [4.69, 9.17) is 0 Å². The van der Waals surface area contributed by atoms with Crippen LogP contribution in [0.3, 0.4) is 0 Å². The van der Waals surface area contributed by atoms with E-state index in [1.54, 1.807) is 11.8 Å². The van der Waals surface area contributed by atoms with Crippen LogP contribution >= 0.6 is 11.8 Å². The molecule has 1 aliphatic heterocycles. The number of nitrogens with zero attached hydrogens (tertiary/aromatic N) is 1. The van der Waals surface area contributed by atoms with Crippen molar-refractivity contribution in [2.75, 3.05) is 0 Å². The Morgan fingerprint density at radius 3 is 2.41 bits per heavy atom. The largest absolute Gasteiger partial charge is 0.361 e. The lowest BCUT2D eigenvalue weighted by atomic mass is 9.53. The molecule has 1 heterocycles. The molecule has 5 rings (SSSR count). The minimum absolute atomic E-state index is 0.0271. The second-order valence-electron chi connectivity index (χ2n) is 8.38. The van der Waals surface area contributed by atoms with E-state index in [2.05, 4.69) is 24.2 Å². The monoisotopic (exact) mass is 324 g/mol. The van der Waals surface area contributed by atoms with Gasteiger partial charge in [0.1, 0.15) is 10.4 Å². The average Bonchev–Trinajstić information content (AvgIpc) is 2.68. The zero-order valence-electron chi connectivity index (χ0n) is 13.6. The summed E-state index contributed by atoms with van der Waals surface area (Å²) < 4.78 is 14.3. The number of amidine groups is 1. The molecule has 1 N–H and O–H groups in total. The van der Waals surface area contributed by atoms with Crippen molar-refractivity contribution in [2.24, 2.45) is 28.7 Å². The number of aliphatic imine (C=N–C) groups is 1. The number of carbonyl (C=O) groups excluding carboxylic acids is 1. The molecule has 0 aromatic rings. The van der Waals surface area contributed by atoms with Crippen molar-refractivity contribution in [3.63, 3.8) is 0 Å². The summed E-state index contributed by atoms with van der Waals surface area (Å²) in [6.45, 7) is 6.12. The van der Waals surface area contributed by atoms with Crippen LogP contribution in [0.4, 0.5) is 4.39 Å². The van der Waals surface area contributed by atoms with Gasteiger partial charge in [-0.05, 0) is 62.7 Å². The molecule has 0 radical (unpaired) electrons. The Hall–Kier alpha value is -0.580. The Kier molecular flexibility index (Phi) is 3.21. The van der Waals surface area contributed by atoms with Crippen LogP contribution < -0.4 is 5.32 Å². The van der Waals surface area contributed by atoms with Crippen molar-refractivity contribution >= 4 is 22.8 Å². The number of nitrogens with one attached hydrogen (secondary N) is 1. The third-order valence-corrected chi connectivity index (χ3v) is 8.00. The molecule has 4 fully saturated rings. The van der Waals surface area contributed by atoms with Crippen LogP contribution in [0.1, 0.15) is 52.9 Å². The number of hydrogen-bond donors (Lipinski definition) is 1. The fourth-order valence-corrected chi connectivity index (χ4v) is 6.29. The number of halogens is 1. The Balaban J connectivity index is 1.49. The maximum Gasteiger partial charge on any atom is 0.264 e. The molecule has 3 unspecified atom stereocenters. The van der Waals surface area contributed by atoms with Crippen molar-refractivity contribution in [2.45, 2.75) is 69.3 Å². The van der Waals surface area contributed by atoms with Gasteiger partial charge in [0, 0.05) is 6.04 Å². The molecule has 0 aromatic heterocycles. The van der Waals surface area contributed by atoms with Gasteiger partial charge in [0.25, 0.3) is 5.91 Å². The summed E-state index contributed by atoms with van der Waals surface area (Å²) in [6, 6.07) is 0.314. The quantitative estimate of drug-likeness (QED) is 0.845. The lowest BCUT2D eigenvalue weighted by molar-refractivity contribution is -0.120. The van der Waals surface area contributed by atoms with Crippen LogP contribution in [0.2, 0.25) is 0 Å². The normalized spacial score (nSPS) is 49.9. The van der Waals surface area contributed by atoms with Gasteiger partial charge in [0.2, 0.25) is 0 Å². The van der Waals surface area contributed by atoms with Crippen molar-refractivity contribution in [1.82, 2.24) is 5.32 Å². The van der Waals surface area contributed by atoms with Crippen molar-refractivity contribution in [3.05, 3.63) is 0 Å². The van der Waals surface area contributed by atoms with E-state index in [0.717, 1.165) is 24.4 Å². The molecule has 4 bridgehead atoms. The molecule has 0 spiro atoms. The SMILES string of the molecule is CC(C)C1(C)SC(N[C@H]2C3CC4CC2C[C@](F)(C4)C3)=NC1=O. The van der Waals surface area contributed by atoms with Gasteiger partial charge in [-0.1, -0.05) is 25.6 Å². The number of alkyl halides is 1. The zero-order chi connectivity index (χ0) is 15.7. The number of thioether (sulfide) groups is 1. The number of carbonyl (C=O) groups is 1. The van der Waals surface area contributed by atoms with Crippen molar-refractivity contribution < 1.29 is 9.18 Å². The van der Waals surface area contributed by atoms with Gasteiger partial charge < -0.3 is 5.32 Å². The van der Waals surface area contributed by atoms with E-state index in [0.29, 0.717) is 36.6 Å². The number of rotatable bonds is 2. The standard InChI is InChI=1S/C17H25FN2OS/c1-9(2)16(3)14(21)20-15(22-16)19-13-11-4-10-5-12(13)8-17(18,6-10)7-11/h9-13H,4-8H2,1-3H3,(H,19,20,21)/t10?,11?,12?,13-,16?,17-. The molecule has 1 amide bonds. The summed E-state index contributed by atoms with van der Waals surface area (Å²) in [6.07, 6.45) is 4.47. The molecule has 0 aromatic carbocycles. The highest BCUT2D eigenvalue weighted by Crippen LogP contribution is 2.57. The van der Waals surface area contributed by atoms with E-state index in [-0.39, 0.29) is 11.8 Å². The Morgan fingerprint density at radius 1 is 1.27 bits per heavy atom. The van der Waals surface area contributed by atoms with Gasteiger partial charge in [0.05, 0.1) is 0 Å². The second kappa shape index (κ2) is 4.71. The molecule has 3 nitrogen and oxygen atoms in total. The predicted octanol–water partition coefficient (Wildman–Crippen LogP) is 3.54. The Morgan fingerprint density at radius 2 is 1.91 bits per heavy atom. The molecule has 5 heteroatoms. The molecule has 5 aliphatic rings. The summed E-state index contributed by atoms with van der Waals surface area (Å²) in [5.41, 5.74) is -0.901. The zero-order valence-corrected chi connectivity index (χ0v) is 14.4. The fraction of sp³-hybridized carbons (Fsp3) is 0.882. The van der Waals surface area contributed by atoms with Gasteiger partial charge in [-0.3, -0.25) is 4.79 Å². The molecule has 4 aliphatic carbocycles. The summed E-state index contributed by atoms with van der Waals surface area (Å²) in [5.74, 6) is 1.64. The average molecular weight is 324 g/mol. The maximum atomic E-state index is 14.7. The van der Waals surface area contributed by atoms with Crippen LogP contribution in [-0.4, -0.2) is 27.5 Å². The summed E-state index contributed by atoms with van der Waals surface area (Å²) in [5, 5.41) is 4.31. The summed E-state index contributed by atoms with van der Waals surface area (Å²) >= 11 is 1.57. The fourth-order valence-electron chi connectivity index (χ4n) is 5.20. The summed E-state index contributed by atoms with van der Waals surface area (Å²) in [7, 11) is 0. The van der Waals surface area contributed by atoms with Crippen molar-refractivity contribution in [1.29, 1.82) is 0 Å². The highest BCUT2D eigenvalue weighted by atomic mass is 32.2. The first kappa shape index (κ1) is 15.0. The first-order valence-electron chi connectivity index (χ1n) is 8.57. The lowest BCUT2D eigenvalue weighted by Crippen LogP contribution is -2.60. The van der Waals surface area contributed by atoms with Crippen LogP contribution in [-0.2, 0) is 4.79 Å². The first-order chi connectivity index (χ1) is 10.3.